The van der Waals surface area contributed by atoms with Crippen LogP contribution in [0.2, 0.25) is 5.02 Å². The summed E-state index contributed by atoms with van der Waals surface area (Å²) in [4.78, 5) is 18.0. The van der Waals surface area contributed by atoms with Gasteiger partial charge in [-0.15, -0.1) is 0 Å². The number of benzene rings is 3. The largest absolute Gasteiger partial charge is 0.494 e. The van der Waals surface area contributed by atoms with E-state index in [1.54, 1.807) is 4.57 Å². The second-order valence-electron chi connectivity index (χ2n) is 7.49. The van der Waals surface area contributed by atoms with Crippen molar-refractivity contribution < 1.29 is 4.74 Å². The first kappa shape index (κ1) is 21.1. The van der Waals surface area contributed by atoms with Crippen molar-refractivity contribution in [1.82, 2.24) is 9.55 Å². The first-order valence-corrected chi connectivity index (χ1v) is 11.0. The maximum absolute atomic E-state index is 13.2. The zero-order valence-corrected chi connectivity index (χ0v) is 18.1. The Morgan fingerprint density at radius 2 is 1.52 bits per heavy atom. The lowest BCUT2D eigenvalue weighted by atomic mass is 10.1. The van der Waals surface area contributed by atoms with E-state index in [4.69, 9.17) is 21.3 Å². The van der Waals surface area contributed by atoms with Crippen LogP contribution in [0.1, 0.15) is 25.7 Å². The highest BCUT2D eigenvalue weighted by Gasteiger charge is 2.12. The Kier molecular flexibility index (Phi) is 7.00. The van der Waals surface area contributed by atoms with Gasteiger partial charge in [0, 0.05) is 17.1 Å². The van der Waals surface area contributed by atoms with Gasteiger partial charge in [0.25, 0.3) is 5.56 Å². The van der Waals surface area contributed by atoms with Crippen LogP contribution < -0.4 is 10.3 Å². The van der Waals surface area contributed by atoms with Gasteiger partial charge >= 0.3 is 0 Å². The molecule has 0 saturated heterocycles. The van der Waals surface area contributed by atoms with E-state index in [-0.39, 0.29) is 5.56 Å². The van der Waals surface area contributed by atoms with Crippen molar-refractivity contribution in [2.24, 2.45) is 0 Å². The molecular formula is C26H25ClN2O2. The Labute approximate surface area is 187 Å². The highest BCUT2D eigenvalue weighted by atomic mass is 35.5. The Morgan fingerprint density at radius 3 is 2.32 bits per heavy atom. The predicted molar refractivity (Wildman–Crippen MR) is 127 cm³/mol. The fraction of sp³-hybridized carbons (Fsp3) is 0.231. The van der Waals surface area contributed by atoms with Crippen LogP contribution in [0.15, 0.2) is 83.7 Å². The van der Waals surface area contributed by atoms with Crippen LogP contribution >= 0.6 is 11.6 Å². The van der Waals surface area contributed by atoms with Crippen molar-refractivity contribution in [1.29, 1.82) is 0 Å². The second kappa shape index (κ2) is 10.3. The maximum Gasteiger partial charge on any atom is 0.261 e. The number of para-hydroxylation sites is 2. The van der Waals surface area contributed by atoms with E-state index in [0.29, 0.717) is 34.9 Å². The molecule has 0 saturated carbocycles. The van der Waals surface area contributed by atoms with Crippen LogP contribution in [0.5, 0.6) is 5.75 Å². The molecule has 0 aliphatic heterocycles. The standard InChI is InChI=1S/C26H25ClN2O2/c27-21-16-14-20(15-17-21)25-28-24-13-7-6-12-23(24)26(30)29(25)18-8-1-2-9-19-31-22-10-4-3-5-11-22/h3-7,10-17H,1-2,8-9,18-19H2. The molecule has 158 valence electrons. The minimum Gasteiger partial charge on any atom is -0.494 e. The zero-order chi connectivity index (χ0) is 21.5. The molecule has 4 aromatic rings. The number of nitrogens with zero attached hydrogens (tertiary/aromatic N) is 2. The highest BCUT2D eigenvalue weighted by Crippen LogP contribution is 2.22. The molecule has 0 aliphatic rings. The van der Waals surface area contributed by atoms with Gasteiger partial charge in [0.1, 0.15) is 11.6 Å². The molecule has 0 N–H and O–H groups in total. The molecule has 3 aromatic carbocycles. The van der Waals surface area contributed by atoms with E-state index in [1.807, 2.05) is 78.9 Å². The smallest absolute Gasteiger partial charge is 0.261 e. The normalized spacial score (nSPS) is 11.0. The van der Waals surface area contributed by atoms with Crippen molar-refractivity contribution >= 4 is 22.5 Å². The summed E-state index contributed by atoms with van der Waals surface area (Å²) < 4.78 is 7.55. The van der Waals surface area contributed by atoms with E-state index >= 15 is 0 Å². The number of rotatable bonds is 9. The molecule has 0 fully saturated rings. The minimum absolute atomic E-state index is 0.00274. The zero-order valence-electron chi connectivity index (χ0n) is 17.3. The first-order chi connectivity index (χ1) is 15.2. The summed E-state index contributed by atoms with van der Waals surface area (Å²) in [5.41, 5.74) is 1.61. The molecular weight excluding hydrogens is 408 g/mol. The summed E-state index contributed by atoms with van der Waals surface area (Å²) in [6.07, 6.45) is 3.98. The quantitative estimate of drug-likeness (QED) is 0.289. The molecule has 4 rings (SSSR count). The van der Waals surface area contributed by atoms with Crippen molar-refractivity contribution in [2.45, 2.75) is 32.2 Å². The van der Waals surface area contributed by atoms with Crippen molar-refractivity contribution in [3.8, 4) is 17.1 Å². The van der Waals surface area contributed by atoms with Gasteiger partial charge in [0.05, 0.1) is 17.5 Å². The molecule has 1 aromatic heterocycles. The Hall–Kier alpha value is -3.11. The number of halogens is 1. The molecule has 0 atom stereocenters. The predicted octanol–water partition coefficient (Wildman–Crippen LogP) is 6.36. The molecule has 0 spiro atoms. The number of aromatic nitrogens is 2. The Balaban J connectivity index is 1.42. The van der Waals surface area contributed by atoms with Gasteiger partial charge in [-0.1, -0.05) is 54.8 Å². The molecule has 4 nitrogen and oxygen atoms in total. The fourth-order valence-electron chi connectivity index (χ4n) is 3.63. The van der Waals surface area contributed by atoms with Gasteiger partial charge in [-0.3, -0.25) is 9.36 Å². The average Bonchev–Trinajstić information content (AvgIpc) is 2.81. The summed E-state index contributed by atoms with van der Waals surface area (Å²) in [7, 11) is 0. The average molecular weight is 433 g/mol. The topological polar surface area (TPSA) is 44.1 Å². The van der Waals surface area contributed by atoms with E-state index in [1.165, 1.54) is 0 Å². The molecule has 5 heteroatoms. The van der Waals surface area contributed by atoms with Crippen LogP contribution in [0.25, 0.3) is 22.3 Å². The van der Waals surface area contributed by atoms with Gasteiger partial charge in [-0.05, 0) is 61.4 Å². The minimum atomic E-state index is 0.00274. The molecule has 31 heavy (non-hydrogen) atoms. The van der Waals surface area contributed by atoms with Gasteiger partial charge in [0.2, 0.25) is 0 Å². The third-order valence-corrected chi connectivity index (χ3v) is 5.50. The molecule has 0 unspecified atom stereocenters. The first-order valence-electron chi connectivity index (χ1n) is 10.7. The van der Waals surface area contributed by atoms with Crippen LogP contribution in [0, 0.1) is 0 Å². The molecule has 0 bridgehead atoms. The monoisotopic (exact) mass is 432 g/mol. The van der Waals surface area contributed by atoms with Gasteiger partial charge < -0.3 is 4.74 Å². The van der Waals surface area contributed by atoms with Crippen LogP contribution in [-0.2, 0) is 6.54 Å². The number of fused-ring (bicyclic) bond motifs is 1. The van der Waals surface area contributed by atoms with E-state index in [2.05, 4.69) is 0 Å². The highest BCUT2D eigenvalue weighted by molar-refractivity contribution is 6.30. The van der Waals surface area contributed by atoms with Gasteiger partial charge in [-0.25, -0.2) is 4.98 Å². The maximum atomic E-state index is 13.2. The molecule has 0 amide bonds. The second-order valence-corrected chi connectivity index (χ2v) is 7.93. The summed E-state index contributed by atoms with van der Waals surface area (Å²) >= 11 is 6.05. The number of hydrogen-bond acceptors (Lipinski definition) is 3. The van der Waals surface area contributed by atoms with Crippen molar-refractivity contribution in [3.05, 3.63) is 94.2 Å². The lowest BCUT2D eigenvalue weighted by Crippen LogP contribution is -2.23. The van der Waals surface area contributed by atoms with Crippen molar-refractivity contribution in [2.75, 3.05) is 6.61 Å². The van der Waals surface area contributed by atoms with E-state index in [0.717, 1.165) is 37.0 Å². The number of unbranched alkanes of at least 4 members (excludes halogenated alkanes) is 3. The van der Waals surface area contributed by atoms with Crippen LogP contribution in [0.3, 0.4) is 0 Å². The molecule has 0 radical (unpaired) electrons. The SMILES string of the molecule is O=c1c2ccccc2nc(-c2ccc(Cl)cc2)n1CCCCCCOc1ccccc1. The van der Waals surface area contributed by atoms with Gasteiger partial charge in [0.15, 0.2) is 0 Å². The summed E-state index contributed by atoms with van der Waals surface area (Å²) in [6, 6.07) is 24.9. The number of hydrogen-bond donors (Lipinski definition) is 0. The molecule has 1 heterocycles. The Morgan fingerprint density at radius 1 is 0.806 bits per heavy atom. The summed E-state index contributed by atoms with van der Waals surface area (Å²) in [5, 5.41) is 1.31. The van der Waals surface area contributed by atoms with E-state index in [9.17, 15) is 4.79 Å². The summed E-state index contributed by atoms with van der Waals surface area (Å²) in [6.45, 7) is 1.34. The van der Waals surface area contributed by atoms with Crippen molar-refractivity contribution in [3.63, 3.8) is 0 Å². The van der Waals surface area contributed by atoms with Gasteiger partial charge in [-0.2, -0.15) is 0 Å². The third kappa shape index (κ3) is 5.33. The van der Waals surface area contributed by atoms with Crippen LogP contribution in [0.4, 0.5) is 0 Å². The van der Waals surface area contributed by atoms with E-state index < -0.39 is 0 Å². The van der Waals surface area contributed by atoms with Crippen LogP contribution in [-0.4, -0.2) is 16.2 Å². The summed E-state index contributed by atoms with van der Waals surface area (Å²) in [5.74, 6) is 1.59. The Bertz CT molecular complexity index is 1190. The number of ether oxygens (including phenoxy) is 1. The molecule has 0 aliphatic carbocycles. The third-order valence-electron chi connectivity index (χ3n) is 5.25. The lowest BCUT2D eigenvalue weighted by molar-refractivity contribution is 0.304. The fourth-order valence-corrected chi connectivity index (χ4v) is 3.75. The lowest BCUT2D eigenvalue weighted by Gasteiger charge is -2.14.